The minimum Gasteiger partial charge on any atom is -0.492 e. The number of nitrogens with zero attached hydrogens (tertiary/aromatic N) is 1. The summed E-state index contributed by atoms with van der Waals surface area (Å²) >= 11 is 6.06. The van der Waals surface area contributed by atoms with E-state index < -0.39 is 0 Å². The number of aliphatic hydroxyl groups excluding tert-OH is 1. The molecule has 0 radical (unpaired) electrons. The van der Waals surface area contributed by atoms with Crippen LogP contribution in [0.1, 0.15) is 13.3 Å². The molecule has 0 spiro atoms. The number of ether oxygens (including phenoxy) is 1. The van der Waals surface area contributed by atoms with Crippen LogP contribution in [-0.2, 0) is 0 Å². The van der Waals surface area contributed by atoms with Crippen molar-refractivity contribution in [1.29, 1.82) is 0 Å². The van der Waals surface area contributed by atoms with Gasteiger partial charge in [-0.3, -0.25) is 0 Å². The van der Waals surface area contributed by atoms with Crippen LogP contribution in [0.3, 0.4) is 0 Å². The van der Waals surface area contributed by atoms with Gasteiger partial charge in [0.25, 0.3) is 0 Å². The van der Waals surface area contributed by atoms with E-state index in [1.54, 1.807) is 0 Å². The van der Waals surface area contributed by atoms with E-state index in [1.807, 2.05) is 24.3 Å². The number of aliphatic hydroxyl groups is 1. The molecule has 4 heteroatoms. The van der Waals surface area contributed by atoms with Crippen LogP contribution in [-0.4, -0.2) is 42.9 Å². The van der Waals surface area contributed by atoms with Crippen molar-refractivity contribution < 1.29 is 9.84 Å². The standard InChI is InChI=1S/C15H22ClNO2/c1-2-17-8-7-12(9-17)13(10-18)11-19-15-6-4-3-5-14(15)16/h3-6,12-13,18H,2,7-11H2,1H3. The van der Waals surface area contributed by atoms with E-state index in [2.05, 4.69) is 11.8 Å². The van der Waals surface area contributed by atoms with E-state index in [0.29, 0.717) is 23.3 Å². The second-order valence-electron chi connectivity index (χ2n) is 5.13. The lowest BCUT2D eigenvalue weighted by molar-refractivity contribution is 0.119. The van der Waals surface area contributed by atoms with Gasteiger partial charge in [-0.25, -0.2) is 0 Å². The molecule has 1 aromatic carbocycles. The van der Waals surface area contributed by atoms with Crippen LogP contribution in [0.15, 0.2) is 24.3 Å². The number of rotatable bonds is 6. The molecule has 0 bridgehead atoms. The fourth-order valence-corrected chi connectivity index (χ4v) is 2.82. The molecule has 1 aromatic rings. The highest BCUT2D eigenvalue weighted by molar-refractivity contribution is 6.32. The van der Waals surface area contributed by atoms with Gasteiger partial charge in [0.1, 0.15) is 5.75 Å². The normalized spacial score (nSPS) is 21.5. The van der Waals surface area contributed by atoms with Gasteiger partial charge in [-0.2, -0.15) is 0 Å². The fraction of sp³-hybridized carbons (Fsp3) is 0.600. The van der Waals surface area contributed by atoms with Gasteiger partial charge in [-0.15, -0.1) is 0 Å². The van der Waals surface area contributed by atoms with Gasteiger partial charge in [0.15, 0.2) is 0 Å². The second kappa shape index (κ2) is 7.13. The Hall–Kier alpha value is -0.770. The van der Waals surface area contributed by atoms with E-state index in [9.17, 15) is 5.11 Å². The molecule has 1 heterocycles. The van der Waals surface area contributed by atoms with E-state index >= 15 is 0 Å². The number of hydrogen-bond donors (Lipinski definition) is 1. The van der Waals surface area contributed by atoms with Gasteiger partial charge in [-0.1, -0.05) is 30.7 Å². The number of halogens is 1. The molecule has 2 unspecified atom stereocenters. The first kappa shape index (κ1) is 14.6. The van der Waals surface area contributed by atoms with Crippen molar-refractivity contribution in [2.75, 3.05) is 32.8 Å². The van der Waals surface area contributed by atoms with E-state index in [4.69, 9.17) is 16.3 Å². The van der Waals surface area contributed by atoms with Crippen LogP contribution < -0.4 is 4.74 Å². The van der Waals surface area contributed by atoms with Crippen molar-refractivity contribution in [3.8, 4) is 5.75 Å². The minimum absolute atomic E-state index is 0.173. The summed E-state index contributed by atoms with van der Waals surface area (Å²) in [5, 5.41) is 10.2. The summed E-state index contributed by atoms with van der Waals surface area (Å²) in [4.78, 5) is 2.42. The zero-order chi connectivity index (χ0) is 13.7. The topological polar surface area (TPSA) is 32.7 Å². The monoisotopic (exact) mass is 283 g/mol. The van der Waals surface area contributed by atoms with Crippen molar-refractivity contribution in [1.82, 2.24) is 4.90 Å². The predicted octanol–water partition coefficient (Wildman–Crippen LogP) is 2.67. The summed E-state index contributed by atoms with van der Waals surface area (Å²) in [6, 6.07) is 7.47. The van der Waals surface area contributed by atoms with Gasteiger partial charge in [0.05, 0.1) is 11.6 Å². The maximum absolute atomic E-state index is 9.56. The lowest BCUT2D eigenvalue weighted by Gasteiger charge is -2.22. The molecule has 1 aliphatic heterocycles. The molecule has 0 saturated carbocycles. The third-order valence-electron chi connectivity index (χ3n) is 3.95. The third-order valence-corrected chi connectivity index (χ3v) is 4.26. The molecule has 1 N–H and O–H groups in total. The van der Waals surface area contributed by atoms with Crippen LogP contribution in [0, 0.1) is 11.8 Å². The van der Waals surface area contributed by atoms with Gasteiger partial charge < -0.3 is 14.7 Å². The van der Waals surface area contributed by atoms with Crippen LogP contribution in [0.2, 0.25) is 5.02 Å². The largest absolute Gasteiger partial charge is 0.492 e. The molecular formula is C15H22ClNO2. The first-order valence-electron chi connectivity index (χ1n) is 6.95. The number of likely N-dealkylation sites (tertiary alicyclic amines) is 1. The van der Waals surface area contributed by atoms with Crippen molar-refractivity contribution in [2.24, 2.45) is 11.8 Å². The number of hydrogen-bond acceptors (Lipinski definition) is 3. The smallest absolute Gasteiger partial charge is 0.137 e. The van der Waals surface area contributed by atoms with Crippen molar-refractivity contribution in [3.05, 3.63) is 29.3 Å². The zero-order valence-corrected chi connectivity index (χ0v) is 12.1. The van der Waals surface area contributed by atoms with Gasteiger partial charge in [0.2, 0.25) is 0 Å². The number of benzene rings is 1. The average Bonchev–Trinajstić information content (AvgIpc) is 2.90. The molecule has 106 valence electrons. The Kier molecular flexibility index (Phi) is 5.49. The zero-order valence-electron chi connectivity index (χ0n) is 11.4. The van der Waals surface area contributed by atoms with Crippen LogP contribution in [0.25, 0.3) is 0 Å². The van der Waals surface area contributed by atoms with E-state index in [-0.39, 0.29) is 12.5 Å². The molecule has 2 rings (SSSR count). The molecule has 19 heavy (non-hydrogen) atoms. The quantitative estimate of drug-likeness (QED) is 0.871. The molecule has 0 amide bonds. The summed E-state index contributed by atoms with van der Waals surface area (Å²) in [6.07, 6.45) is 1.14. The van der Waals surface area contributed by atoms with Crippen LogP contribution in [0.4, 0.5) is 0 Å². The van der Waals surface area contributed by atoms with Crippen molar-refractivity contribution in [3.63, 3.8) is 0 Å². The highest BCUT2D eigenvalue weighted by atomic mass is 35.5. The molecule has 0 aromatic heterocycles. The average molecular weight is 284 g/mol. The Labute approximate surface area is 120 Å². The van der Waals surface area contributed by atoms with Crippen molar-refractivity contribution >= 4 is 11.6 Å². The molecule has 1 fully saturated rings. The maximum Gasteiger partial charge on any atom is 0.137 e. The Bertz CT molecular complexity index is 399. The summed E-state index contributed by atoms with van der Waals surface area (Å²) < 4.78 is 5.76. The molecule has 1 saturated heterocycles. The Balaban J connectivity index is 1.88. The minimum atomic E-state index is 0.173. The highest BCUT2D eigenvalue weighted by Crippen LogP contribution is 2.27. The molecule has 2 atom stereocenters. The Morgan fingerprint density at radius 2 is 2.26 bits per heavy atom. The molecule has 3 nitrogen and oxygen atoms in total. The van der Waals surface area contributed by atoms with Crippen molar-refractivity contribution in [2.45, 2.75) is 13.3 Å². The highest BCUT2D eigenvalue weighted by Gasteiger charge is 2.28. The molecule has 1 aliphatic rings. The summed E-state index contributed by atoms with van der Waals surface area (Å²) in [6.45, 7) is 6.16. The summed E-state index contributed by atoms with van der Waals surface area (Å²) in [7, 11) is 0. The predicted molar refractivity (Wildman–Crippen MR) is 77.7 cm³/mol. The molecule has 0 aliphatic carbocycles. The molecular weight excluding hydrogens is 262 g/mol. The van der Waals surface area contributed by atoms with Gasteiger partial charge in [0, 0.05) is 19.1 Å². The van der Waals surface area contributed by atoms with E-state index in [1.165, 1.54) is 0 Å². The van der Waals surface area contributed by atoms with Crippen LogP contribution in [0.5, 0.6) is 5.75 Å². The lowest BCUT2D eigenvalue weighted by Crippen LogP contribution is -2.28. The number of para-hydroxylation sites is 1. The van der Waals surface area contributed by atoms with Gasteiger partial charge >= 0.3 is 0 Å². The SMILES string of the molecule is CCN1CCC(C(CO)COc2ccccc2Cl)C1. The third kappa shape index (κ3) is 3.85. The first-order chi connectivity index (χ1) is 9.24. The fourth-order valence-electron chi connectivity index (χ4n) is 2.63. The lowest BCUT2D eigenvalue weighted by atomic mass is 9.93. The Morgan fingerprint density at radius 1 is 1.47 bits per heavy atom. The van der Waals surface area contributed by atoms with Gasteiger partial charge in [-0.05, 0) is 37.6 Å². The van der Waals surface area contributed by atoms with Crippen LogP contribution >= 0.6 is 11.6 Å². The van der Waals surface area contributed by atoms with E-state index in [0.717, 1.165) is 26.1 Å². The summed E-state index contributed by atoms with van der Waals surface area (Å²) in [5.41, 5.74) is 0. The summed E-state index contributed by atoms with van der Waals surface area (Å²) in [5.74, 6) is 1.41. The maximum atomic E-state index is 9.56. The second-order valence-corrected chi connectivity index (χ2v) is 5.53. The Morgan fingerprint density at radius 3 is 2.89 bits per heavy atom. The first-order valence-corrected chi connectivity index (χ1v) is 7.33.